The van der Waals surface area contributed by atoms with Crippen LogP contribution in [0.25, 0.3) is 0 Å². The molecule has 6 heteroatoms. The number of nitrogens with zero attached hydrogens (tertiary/aromatic N) is 2. The van der Waals surface area contributed by atoms with E-state index in [0.717, 1.165) is 61.3 Å². The Morgan fingerprint density at radius 1 is 1.10 bits per heavy atom. The molecule has 2 aromatic carbocycles. The number of hydrogen-bond acceptors (Lipinski definition) is 4. The van der Waals surface area contributed by atoms with Crippen molar-refractivity contribution in [1.29, 1.82) is 0 Å². The van der Waals surface area contributed by atoms with E-state index in [9.17, 15) is 4.79 Å². The molecule has 1 aliphatic heterocycles. The number of carbonyl (C=O) groups is 1. The van der Waals surface area contributed by atoms with Crippen LogP contribution >= 0.6 is 11.6 Å². The number of nitrogens with one attached hydrogen (secondary N) is 1. The molecule has 1 heterocycles. The van der Waals surface area contributed by atoms with Gasteiger partial charge in [0.25, 0.3) is 5.91 Å². The van der Waals surface area contributed by atoms with Crippen molar-refractivity contribution in [2.24, 2.45) is 0 Å². The summed E-state index contributed by atoms with van der Waals surface area (Å²) in [7, 11) is 1.89. The second kappa shape index (κ2) is 9.16. The van der Waals surface area contributed by atoms with E-state index in [2.05, 4.69) is 10.2 Å². The van der Waals surface area contributed by atoms with Crippen LogP contribution in [-0.2, 0) is 6.54 Å². The Morgan fingerprint density at radius 2 is 1.90 bits per heavy atom. The van der Waals surface area contributed by atoms with Gasteiger partial charge in [-0.2, -0.15) is 0 Å². The van der Waals surface area contributed by atoms with Crippen LogP contribution in [0.4, 0.5) is 0 Å². The summed E-state index contributed by atoms with van der Waals surface area (Å²) in [6.45, 7) is 4.34. The number of rotatable bonds is 6. The van der Waals surface area contributed by atoms with Crippen LogP contribution in [0, 0.1) is 0 Å². The highest BCUT2D eigenvalue weighted by molar-refractivity contribution is 6.30. The van der Waals surface area contributed by atoms with Crippen LogP contribution in [0.1, 0.15) is 35.2 Å². The lowest BCUT2D eigenvalue weighted by molar-refractivity contribution is 0.0761. The zero-order chi connectivity index (χ0) is 20.2. The first-order chi connectivity index (χ1) is 14.1. The van der Waals surface area contributed by atoms with Crippen molar-refractivity contribution in [1.82, 2.24) is 15.1 Å². The summed E-state index contributed by atoms with van der Waals surface area (Å²) in [5.74, 6) is 1.57. The fraction of sp³-hybridized carbons (Fsp3) is 0.435. The number of ether oxygens (including phenoxy) is 1. The third-order valence-corrected chi connectivity index (χ3v) is 5.85. The van der Waals surface area contributed by atoms with Crippen LogP contribution in [0.2, 0.25) is 5.02 Å². The number of benzene rings is 2. The predicted octanol–water partition coefficient (Wildman–Crippen LogP) is 4.16. The number of hydrogen-bond donors (Lipinski definition) is 1. The Kier molecular flexibility index (Phi) is 6.38. The van der Waals surface area contributed by atoms with Crippen LogP contribution in [0.15, 0.2) is 42.5 Å². The molecule has 2 fully saturated rings. The maximum absolute atomic E-state index is 13.1. The summed E-state index contributed by atoms with van der Waals surface area (Å²) in [5.41, 5.74) is 1.68. The minimum absolute atomic E-state index is 0.109. The molecular formula is C23H28ClN3O2. The second-order valence-corrected chi connectivity index (χ2v) is 8.26. The maximum atomic E-state index is 13.1. The van der Waals surface area contributed by atoms with Gasteiger partial charge < -0.3 is 15.0 Å². The van der Waals surface area contributed by atoms with Crippen molar-refractivity contribution in [3.8, 4) is 11.5 Å². The maximum Gasteiger partial charge on any atom is 0.253 e. The molecule has 4 rings (SSSR count). The molecule has 1 amide bonds. The average molecular weight is 414 g/mol. The molecule has 1 aliphatic carbocycles. The standard InChI is InChI=1S/C23H28ClN3O2/c1-25-16-18-15-17(3-10-22(18)29-21-8-4-19(24)5-9-21)23(28)27-12-2-11-26(13-14-27)20-6-7-20/h3-5,8-10,15,20,25H,2,6-7,11-14,16H2,1H3. The van der Waals surface area contributed by atoms with E-state index >= 15 is 0 Å². The van der Waals surface area contributed by atoms with Gasteiger partial charge in [-0.15, -0.1) is 0 Å². The first-order valence-corrected chi connectivity index (χ1v) is 10.8. The van der Waals surface area contributed by atoms with Gasteiger partial charge >= 0.3 is 0 Å². The molecule has 0 radical (unpaired) electrons. The first kappa shape index (κ1) is 20.2. The fourth-order valence-electron chi connectivity index (χ4n) is 3.90. The monoisotopic (exact) mass is 413 g/mol. The topological polar surface area (TPSA) is 44.8 Å². The molecule has 29 heavy (non-hydrogen) atoms. The Morgan fingerprint density at radius 3 is 2.62 bits per heavy atom. The molecule has 0 aromatic heterocycles. The Bertz CT molecular complexity index is 852. The molecule has 1 saturated carbocycles. The van der Waals surface area contributed by atoms with Gasteiger partial charge in [-0.1, -0.05) is 11.6 Å². The summed E-state index contributed by atoms with van der Waals surface area (Å²) >= 11 is 5.96. The fourth-order valence-corrected chi connectivity index (χ4v) is 4.02. The normalized spacial score (nSPS) is 17.8. The third kappa shape index (κ3) is 5.10. The molecule has 0 spiro atoms. The van der Waals surface area contributed by atoms with E-state index in [0.29, 0.717) is 11.6 Å². The van der Waals surface area contributed by atoms with Gasteiger partial charge in [-0.3, -0.25) is 9.69 Å². The quantitative estimate of drug-likeness (QED) is 0.772. The number of carbonyl (C=O) groups excluding carboxylic acids is 1. The van der Waals surface area contributed by atoms with Crippen molar-refractivity contribution in [3.63, 3.8) is 0 Å². The van der Waals surface area contributed by atoms with Crippen LogP contribution in [0.5, 0.6) is 11.5 Å². The third-order valence-electron chi connectivity index (χ3n) is 5.60. The lowest BCUT2D eigenvalue weighted by Crippen LogP contribution is -2.35. The zero-order valence-corrected chi connectivity index (χ0v) is 17.6. The molecule has 0 unspecified atom stereocenters. The minimum Gasteiger partial charge on any atom is -0.457 e. The van der Waals surface area contributed by atoms with E-state index in [1.165, 1.54) is 12.8 Å². The van der Waals surface area contributed by atoms with Crippen molar-refractivity contribution in [2.45, 2.75) is 31.8 Å². The van der Waals surface area contributed by atoms with Crippen LogP contribution < -0.4 is 10.1 Å². The van der Waals surface area contributed by atoms with Gasteiger partial charge in [0, 0.05) is 54.9 Å². The van der Waals surface area contributed by atoms with E-state index in [4.69, 9.17) is 16.3 Å². The number of halogens is 1. The highest BCUT2D eigenvalue weighted by Crippen LogP contribution is 2.29. The van der Waals surface area contributed by atoms with Crippen LogP contribution in [0.3, 0.4) is 0 Å². The SMILES string of the molecule is CNCc1cc(C(=O)N2CCCN(C3CC3)CC2)ccc1Oc1ccc(Cl)cc1. The van der Waals surface area contributed by atoms with Crippen molar-refractivity contribution in [3.05, 3.63) is 58.6 Å². The highest BCUT2D eigenvalue weighted by Gasteiger charge is 2.31. The Hall–Kier alpha value is -2.08. The van der Waals surface area contributed by atoms with Crippen molar-refractivity contribution in [2.75, 3.05) is 33.2 Å². The van der Waals surface area contributed by atoms with E-state index in [1.807, 2.05) is 42.3 Å². The molecule has 0 atom stereocenters. The van der Waals surface area contributed by atoms with Gasteiger partial charge in [-0.05, 0) is 68.8 Å². The summed E-state index contributed by atoms with van der Waals surface area (Å²) in [4.78, 5) is 17.7. The summed E-state index contributed by atoms with van der Waals surface area (Å²) in [5, 5.41) is 3.84. The predicted molar refractivity (Wildman–Crippen MR) is 116 cm³/mol. The highest BCUT2D eigenvalue weighted by atomic mass is 35.5. The largest absolute Gasteiger partial charge is 0.457 e. The molecular weight excluding hydrogens is 386 g/mol. The molecule has 1 N–H and O–H groups in total. The summed E-state index contributed by atoms with van der Waals surface area (Å²) in [6.07, 6.45) is 3.68. The lowest BCUT2D eigenvalue weighted by Gasteiger charge is -2.22. The van der Waals surface area contributed by atoms with Gasteiger partial charge in [-0.25, -0.2) is 0 Å². The Labute approximate surface area is 177 Å². The second-order valence-electron chi connectivity index (χ2n) is 7.82. The van der Waals surface area contributed by atoms with Gasteiger partial charge in [0.2, 0.25) is 0 Å². The van der Waals surface area contributed by atoms with E-state index in [-0.39, 0.29) is 5.91 Å². The lowest BCUT2D eigenvalue weighted by atomic mass is 10.1. The van der Waals surface area contributed by atoms with E-state index < -0.39 is 0 Å². The minimum atomic E-state index is 0.109. The van der Waals surface area contributed by atoms with Gasteiger partial charge in [0.1, 0.15) is 11.5 Å². The molecule has 2 aromatic rings. The van der Waals surface area contributed by atoms with Crippen molar-refractivity contribution >= 4 is 17.5 Å². The molecule has 1 saturated heterocycles. The molecule has 154 valence electrons. The average Bonchev–Trinajstić information content (AvgIpc) is 3.57. The van der Waals surface area contributed by atoms with Gasteiger partial charge in [0.05, 0.1) is 0 Å². The van der Waals surface area contributed by atoms with Gasteiger partial charge in [0.15, 0.2) is 0 Å². The molecule has 5 nitrogen and oxygen atoms in total. The molecule has 0 bridgehead atoms. The van der Waals surface area contributed by atoms with Crippen LogP contribution in [-0.4, -0.2) is 55.0 Å². The number of amides is 1. The first-order valence-electron chi connectivity index (χ1n) is 10.4. The molecule has 2 aliphatic rings. The van der Waals surface area contributed by atoms with E-state index in [1.54, 1.807) is 12.1 Å². The van der Waals surface area contributed by atoms with Crippen molar-refractivity contribution < 1.29 is 9.53 Å². The smallest absolute Gasteiger partial charge is 0.253 e. The summed E-state index contributed by atoms with van der Waals surface area (Å²) < 4.78 is 6.03. The zero-order valence-electron chi connectivity index (χ0n) is 16.9. The Balaban J connectivity index is 1.48. The summed E-state index contributed by atoms with van der Waals surface area (Å²) in [6, 6.07) is 13.8.